The van der Waals surface area contributed by atoms with E-state index in [1.165, 1.54) is 16.7 Å². The normalized spacial score (nSPS) is 13.8. The maximum atomic E-state index is 13.3. The van der Waals surface area contributed by atoms with E-state index >= 15 is 0 Å². The van der Waals surface area contributed by atoms with Gasteiger partial charge >= 0.3 is 0 Å². The van der Waals surface area contributed by atoms with Crippen molar-refractivity contribution in [2.24, 2.45) is 0 Å². The molecular weight excluding hydrogens is 428 g/mol. The molecule has 0 spiro atoms. The Morgan fingerprint density at radius 2 is 1.52 bits per heavy atom. The number of imide groups is 1. The van der Waals surface area contributed by atoms with Crippen LogP contribution in [-0.4, -0.2) is 16.7 Å². The number of carbonyl (C=O) groups is 2. The summed E-state index contributed by atoms with van der Waals surface area (Å²) >= 11 is 7.26. The molecule has 0 saturated carbocycles. The average molecular weight is 449 g/mol. The molecule has 1 aliphatic rings. The van der Waals surface area contributed by atoms with Crippen LogP contribution >= 0.6 is 23.4 Å². The van der Waals surface area contributed by atoms with Crippen LogP contribution in [-0.2, 0) is 16.1 Å². The summed E-state index contributed by atoms with van der Waals surface area (Å²) in [5.41, 5.74) is 4.13. The molecule has 0 radical (unpaired) electrons. The third-order valence-corrected chi connectivity index (χ3v) is 6.18. The first-order chi connectivity index (χ1) is 14.9. The molecule has 1 N–H and O–H groups in total. The molecule has 2 amide bonds. The van der Waals surface area contributed by atoms with Crippen molar-refractivity contribution in [2.75, 3.05) is 5.32 Å². The molecule has 0 atom stereocenters. The highest BCUT2D eigenvalue weighted by molar-refractivity contribution is 8.04. The Labute approximate surface area is 190 Å². The van der Waals surface area contributed by atoms with Gasteiger partial charge in [-0.2, -0.15) is 0 Å². The smallest absolute Gasteiger partial charge is 0.278 e. The van der Waals surface area contributed by atoms with Crippen LogP contribution in [0.5, 0.6) is 0 Å². The van der Waals surface area contributed by atoms with Gasteiger partial charge in [-0.25, -0.2) is 0 Å². The number of anilines is 1. The second-order valence-electron chi connectivity index (χ2n) is 7.44. The summed E-state index contributed by atoms with van der Waals surface area (Å²) in [6.45, 7) is 4.22. The fourth-order valence-corrected chi connectivity index (χ4v) is 4.55. The molecule has 0 bridgehead atoms. The zero-order chi connectivity index (χ0) is 22.0. The number of aryl methyl sites for hydroxylation is 2. The van der Waals surface area contributed by atoms with Gasteiger partial charge in [0.15, 0.2) is 0 Å². The molecule has 6 heteroatoms. The van der Waals surface area contributed by atoms with Gasteiger partial charge < -0.3 is 5.32 Å². The summed E-state index contributed by atoms with van der Waals surface area (Å²) in [4.78, 5) is 29.1. The Hall–Kier alpha value is -3.02. The van der Waals surface area contributed by atoms with Crippen molar-refractivity contribution < 1.29 is 9.59 Å². The number of rotatable bonds is 6. The summed E-state index contributed by atoms with van der Waals surface area (Å²) in [5, 5.41) is 3.84. The second-order valence-corrected chi connectivity index (χ2v) is 8.96. The summed E-state index contributed by atoms with van der Waals surface area (Å²) < 4.78 is 0. The maximum Gasteiger partial charge on any atom is 0.278 e. The Balaban J connectivity index is 1.69. The standard InChI is InChI=1S/C25H21ClN2O2S/c1-16-12-17(2)14-20(13-16)27-22-23(31-21-10-8-19(26)9-11-21)25(30)28(24(22)29)15-18-6-4-3-5-7-18/h3-14,27H,15H2,1-2H3. The van der Waals surface area contributed by atoms with Crippen LogP contribution < -0.4 is 5.32 Å². The fourth-order valence-electron chi connectivity index (χ4n) is 3.48. The van der Waals surface area contributed by atoms with E-state index in [-0.39, 0.29) is 18.4 Å². The summed E-state index contributed by atoms with van der Waals surface area (Å²) in [6.07, 6.45) is 0. The van der Waals surface area contributed by atoms with Gasteiger partial charge in [0.25, 0.3) is 11.8 Å². The first kappa shape index (κ1) is 21.2. The topological polar surface area (TPSA) is 49.4 Å². The SMILES string of the molecule is Cc1cc(C)cc(NC2=C(Sc3ccc(Cl)cc3)C(=O)N(Cc3ccccc3)C2=O)c1. The van der Waals surface area contributed by atoms with E-state index in [2.05, 4.69) is 11.4 Å². The van der Waals surface area contributed by atoms with Crippen LogP contribution in [0.2, 0.25) is 5.02 Å². The van der Waals surface area contributed by atoms with Crippen molar-refractivity contribution in [1.82, 2.24) is 4.90 Å². The van der Waals surface area contributed by atoms with Gasteiger partial charge in [0.05, 0.1) is 6.54 Å². The molecule has 0 fully saturated rings. The highest BCUT2D eigenvalue weighted by Crippen LogP contribution is 2.37. The van der Waals surface area contributed by atoms with E-state index in [1.54, 1.807) is 12.1 Å². The number of nitrogens with zero attached hydrogens (tertiary/aromatic N) is 1. The van der Waals surface area contributed by atoms with Crippen LogP contribution in [0, 0.1) is 13.8 Å². The highest BCUT2D eigenvalue weighted by Gasteiger charge is 2.39. The number of nitrogens with one attached hydrogen (secondary N) is 1. The van der Waals surface area contributed by atoms with E-state index < -0.39 is 0 Å². The maximum absolute atomic E-state index is 13.3. The van der Waals surface area contributed by atoms with Crippen LogP contribution in [0.25, 0.3) is 0 Å². The number of benzene rings is 3. The minimum absolute atomic E-state index is 0.223. The first-order valence-corrected chi connectivity index (χ1v) is 11.0. The molecule has 156 valence electrons. The van der Waals surface area contributed by atoms with Crippen LogP contribution in [0.15, 0.2) is 88.3 Å². The van der Waals surface area contributed by atoms with E-state index in [9.17, 15) is 9.59 Å². The van der Waals surface area contributed by atoms with E-state index in [0.29, 0.717) is 15.6 Å². The Kier molecular flexibility index (Phi) is 6.16. The molecule has 3 aromatic carbocycles. The van der Waals surface area contributed by atoms with Gasteiger partial charge in [0, 0.05) is 15.6 Å². The summed E-state index contributed by atoms with van der Waals surface area (Å²) in [6, 6.07) is 22.7. The summed E-state index contributed by atoms with van der Waals surface area (Å²) in [7, 11) is 0. The Bertz CT molecular complexity index is 1150. The third kappa shape index (κ3) is 4.84. The quantitative estimate of drug-likeness (QED) is 0.474. The first-order valence-electron chi connectivity index (χ1n) is 9.84. The van der Waals surface area contributed by atoms with Crippen molar-refractivity contribution in [3.63, 3.8) is 0 Å². The van der Waals surface area contributed by atoms with Crippen molar-refractivity contribution in [1.29, 1.82) is 0 Å². The number of carbonyl (C=O) groups excluding carboxylic acids is 2. The number of hydrogen-bond donors (Lipinski definition) is 1. The molecule has 0 aliphatic carbocycles. The van der Waals surface area contributed by atoms with Crippen molar-refractivity contribution in [3.05, 3.63) is 105 Å². The minimum Gasteiger partial charge on any atom is -0.350 e. The molecule has 4 nitrogen and oxygen atoms in total. The minimum atomic E-state index is -0.329. The van der Waals surface area contributed by atoms with E-state index in [0.717, 1.165) is 27.3 Å². The van der Waals surface area contributed by atoms with Gasteiger partial charge in [-0.1, -0.05) is 59.8 Å². The van der Waals surface area contributed by atoms with Gasteiger partial charge in [-0.05, 0) is 66.9 Å². The van der Waals surface area contributed by atoms with Gasteiger partial charge in [-0.3, -0.25) is 14.5 Å². The van der Waals surface area contributed by atoms with Gasteiger partial charge in [0.2, 0.25) is 0 Å². The van der Waals surface area contributed by atoms with Crippen molar-refractivity contribution in [2.45, 2.75) is 25.3 Å². The molecule has 1 aliphatic heterocycles. The van der Waals surface area contributed by atoms with Crippen molar-refractivity contribution in [3.8, 4) is 0 Å². The number of thioether (sulfide) groups is 1. The zero-order valence-corrected chi connectivity index (χ0v) is 18.8. The van der Waals surface area contributed by atoms with Crippen molar-refractivity contribution >= 4 is 40.9 Å². The Morgan fingerprint density at radius 3 is 2.16 bits per heavy atom. The second kappa shape index (κ2) is 9.00. The zero-order valence-electron chi connectivity index (χ0n) is 17.2. The molecule has 31 heavy (non-hydrogen) atoms. The highest BCUT2D eigenvalue weighted by atomic mass is 35.5. The molecular formula is C25H21ClN2O2S. The molecule has 0 unspecified atom stereocenters. The van der Waals surface area contributed by atoms with E-state index in [4.69, 9.17) is 11.6 Å². The van der Waals surface area contributed by atoms with Gasteiger partial charge in [0.1, 0.15) is 10.6 Å². The van der Waals surface area contributed by atoms with Gasteiger partial charge in [-0.15, -0.1) is 0 Å². The lowest BCUT2D eigenvalue weighted by Gasteiger charge is -2.15. The molecule has 0 aromatic heterocycles. The molecule has 0 saturated heterocycles. The average Bonchev–Trinajstić information content (AvgIpc) is 2.94. The number of halogens is 1. The lowest BCUT2D eigenvalue weighted by Crippen LogP contribution is -2.31. The predicted molar refractivity (Wildman–Crippen MR) is 126 cm³/mol. The summed E-state index contributed by atoms with van der Waals surface area (Å²) in [5.74, 6) is -0.634. The lowest BCUT2D eigenvalue weighted by molar-refractivity contribution is -0.137. The largest absolute Gasteiger partial charge is 0.350 e. The molecule has 4 rings (SSSR count). The monoisotopic (exact) mass is 448 g/mol. The molecule has 1 heterocycles. The van der Waals surface area contributed by atoms with Crippen LogP contribution in [0.1, 0.15) is 16.7 Å². The lowest BCUT2D eigenvalue weighted by atomic mass is 10.1. The van der Waals surface area contributed by atoms with E-state index in [1.807, 2.05) is 68.4 Å². The predicted octanol–water partition coefficient (Wildman–Crippen LogP) is 5.94. The number of hydrogen-bond acceptors (Lipinski definition) is 4. The Morgan fingerprint density at radius 1 is 0.871 bits per heavy atom. The van der Waals surface area contributed by atoms with Crippen LogP contribution in [0.3, 0.4) is 0 Å². The third-order valence-electron chi connectivity index (χ3n) is 4.83. The van der Waals surface area contributed by atoms with Crippen LogP contribution in [0.4, 0.5) is 5.69 Å². The molecule has 3 aromatic rings. The number of amides is 2. The fraction of sp³-hybridized carbons (Fsp3) is 0.120.